The Balaban J connectivity index is 2.10. The zero-order valence-corrected chi connectivity index (χ0v) is 19.0. The molecule has 0 aliphatic heterocycles. The number of rotatable bonds is 1. The van der Waals surface area contributed by atoms with Crippen LogP contribution in [0.2, 0.25) is 0 Å². The molecule has 0 fully saturated rings. The van der Waals surface area contributed by atoms with E-state index in [0.29, 0.717) is 30.8 Å². The smallest absolute Gasteiger partial charge is 0.418 e. The number of aromatic hydroxyl groups is 1. The van der Waals surface area contributed by atoms with Crippen LogP contribution in [0, 0.1) is 0 Å². The molecule has 7 heteroatoms. The first-order valence-electron chi connectivity index (χ1n) is 8.89. The van der Waals surface area contributed by atoms with E-state index in [9.17, 15) is 18.3 Å². The Bertz CT molecular complexity index is 1450. The lowest BCUT2D eigenvalue weighted by Gasteiger charge is -2.17. The molecule has 0 saturated carbocycles. The van der Waals surface area contributed by atoms with Gasteiger partial charge in [-0.2, -0.15) is 13.2 Å². The highest BCUT2D eigenvalue weighted by molar-refractivity contribution is 9.11. The number of halogens is 5. The number of phenolic OH excluding ortho intramolecular Hbond substituents is 1. The van der Waals surface area contributed by atoms with Gasteiger partial charge in [-0.05, 0) is 72.0 Å². The van der Waals surface area contributed by atoms with Crippen LogP contribution < -0.4 is 0 Å². The van der Waals surface area contributed by atoms with Crippen molar-refractivity contribution >= 4 is 74.1 Å². The summed E-state index contributed by atoms with van der Waals surface area (Å²) in [6, 6.07) is 17.5. The van der Waals surface area contributed by atoms with Crippen molar-refractivity contribution < 1.29 is 18.3 Å². The Kier molecular flexibility index (Phi) is 4.61. The van der Waals surface area contributed by atoms with E-state index in [1.807, 2.05) is 24.3 Å². The number of benzene rings is 4. The summed E-state index contributed by atoms with van der Waals surface area (Å²) in [5.74, 6) is 0.0430. The van der Waals surface area contributed by atoms with Crippen molar-refractivity contribution in [1.82, 2.24) is 0 Å². The fourth-order valence-corrected chi connectivity index (χ4v) is 6.41. The summed E-state index contributed by atoms with van der Waals surface area (Å²) in [6.45, 7) is 0. The average molecular weight is 552 g/mol. The van der Waals surface area contributed by atoms with Gasteiger partial charge in [-0.15, -0.1) is 11.3 Å². The van der Waals surface area contributed by atoms with Crippen molar-refractivity contribution in [3.8, 4) is 16.9 Å². The molecule has 1 aromatic heterocycles. The first-order chi connectivity index (χ1) is 14.3. The predicted molar refractivity (Wildman–Crippen MR) is 124 cm³/mol. The summed E-state index contributed by atoms with van der Waals surface area (Å²) >= 11 is 7.86. The number of thiophene rings is 1. The van der Waals surface area contributed by atoms with Crippen LogP contribution in [0.1, 0.15) is 5.56 Å². The third-order valence-corrected chi connectivity index (χ3v) is 7.52. The van der Waals surface area contributed by atoms with Gasteiger partial charge in [0.15, 0.2) is 0 Å². The van der Waals surface area contributed by atoms with Crippen molar-refractivity contribution in [1.29, 1.82) is 0 Å². The molecular formula is C23H11Br2F3OS. The molecule has 30 heavy (non-hydrogen) atoms. The van der Waals surface area contributed by atoms with Crippen molar-refractivity contribution in [2.75, 3.05) is 0 Å². The van der Waals surface area contributed by atoms with Gasteiger partial charge >= 0.3 is 6.18 Å². The van der Waals surface area contributed by atoms with Crippen LogP contribution in [0.15, 0.2) is 69.6 Å². The van der Waals surface area contributed by atoms with E-state index in [1.54, 1.807) is 30.3 Å². The predicted octanol–water partition coefficient (Wildman–Crippen LogP) is 9.12. The molecule has 0 aliphatic rings. The van der Waals surface area contributed by atoms with Crippen LogP contribution in [-0.2, 0) is 6.18 Å². The molecule has 5 rings (SSSR count). The molecule has 0 bridgehead atoms. The molecule has 0 spiro atoms. The molecule has 0 radical (unpaired) electrons. The molecule has 5 aromatic rings. The van der Waals surface area contributed by atoms with E-state index in [-0.39, 0.29) is 15.8 Å². The van der Waals surface area contributed by atoms with Gasteiger partial charge in [0.2, 0.25) is 0 Å². The minimum absolute atomic E-state index is 0.0430. The number of phenols is 1. The molecule has 0 atom stereocenters. The van der Waals surface area contributed by atoms with Crippen LogP contribution in [0.4, 0.5) is 13.2 Å². The Morgan fingerprint density at radius 2 is 1.37 bits per heavy atom. The van der Waals surface area contributed by atoms with Crippen molar-refractivity contribution in [3.05, 3.63) is 75.2 Å². The molecule has 1 heterocycles. The Hall–Kier alpha value is -2.09. The van der Waals surface area contributed by atoms with Crippen LogP contribution in [0.25, 0.3) is 42.1 Å². The SMILES string of the molecule is Oc1c(Br)cc(-c2c3ccccc3c(C(F)(F)F)c3sc4ccccc4c23)cc1Br. The fraction of sp³-hybridized carbons (Fsp3) is 0.0435. The molecular weight excluding hydrogens is 541 g/mol. The van der Waals surface area contributed by atoms with Crippen LogP contribution in [0.5, 0.6) is 5.75 Å². The van der Waals surface area contributed by atoms with E-state index >= 15 is 0 Å². The largest absolute Gasteiger partial charge is 0.506 e. The second-order valence-electron chi connectivity index (χ2n) is 6.88. The van der Waals surface area contributed by atoms with Crippen molar-refractivity contribution in [2.24, 2.45) is 0 Å². The van der Waals surface area contributed by atoms with Crippen molar-refractivity contribution in [2.45, 2.75) is 6.18 Å². The maximum atomic E-state index is 14.3. The molecule has 1 N–H and O–H groups in total. The average Bonchev–Trinajstić information content (AvgIpc) is 3.07. The lowest BCUT2D eigenvalue weighted by molar-refractivity contribution is -0.134. The normalized spacial score (nSPS) is 12.3. The van der Waals surface area contributed by atoms with Gasteiger partial charge in [-0.25, -0.2) is 0 Å². The highest BCUT2D eigenvalue weighted by atomic mass is 79.9. The molecule has 1 nitrogen and oxygen atoms in total. The van der Waals surface area contributed by atoms with Gasteiger partial charge in [0, 0.05) is 20.2 Å². The molecule has 0 unspecified atom stereocenters. The van der Waals surface area contributed by atoms with E-state index in [0.717, 1.165) is 21.4 Å². The Morgan fingerprint density at radius 3 is 2.00 bits per heavy atom. The summed E-state index contributed by atoms with van der Waals surface area (Å²) in [7, 11) is 0. The molecule has 0 aliphatic carbocycles. The monoisotopic (exact) mass is 550 g/mol. The topological polar surface area (TPSA) is 20.2 Å². The van der Waals surface area contributed by atoms with Gasteiger partial charge < -0.3 is 5.11 Å². The summed E-state index contributed by atoms with van der Waals surface area (Å²) in [4.78, 5) is 0. The maximum absolute atomic E-state index is 14.3. The van der Waals surface area contributed by atoms with E-state index in [1.165, 1.54) is 6.07 Å². The molecule has 150 valence electrons. The zero-order chi connectivity index (χ0) is 21.2. The van der Waals surface area contributed by atoms with Gasteiger partial charge in [-0.3, -0.25) is 0 Å². The highest BCUT2D eigenvalue weighted by Crippen LogP contribution is 2.51. The van der Waals surface area contributed by atoms with Crippen LogP contribution in [0.3, 0.4) is 0 Å². The Morgan fingerprint density at radius 1 is 0.800 bits per heavy atom. The quantitative estimate of drug-likeness (QED) is 0.220. The lowest BCUT2D eigenvalue weighted by Crippen LogP contribution is -2.06. The van der Waals surface area contributed by atoms with E-state index in [2.05, 4.69) is 31.9 Å². The second kappa shape index (κ2) is 6.97. The highest BCUT2D eigenvalue weighted by Gasteiger charge is 2.37. The van der Waals surface area contributed by atoms with E-state index in [4.69, 9.17) is 0 Å². The molecule has 0 saturated heterocycles. The second-order valence-corrected chi connectivity index (χ2v) is 9.65. The zero-order valence-electron chi connectivity index (χ0n) is 15.0. The van der Waals surface area contributed by atoms with Gasteiger partial charge in [-0.1, -0.05) is 42.5 Å². The lowest BCUT2D eigenvalue weighted by atomic mass is 9.90. The maximum Gasteiger partial charge on any atom is 0.418 e. The summed E-state index contributed by atoms with van der Waals surface area (Å²) in [6.07, 6.45) is -4.49. The number of hydrogen-bond donors (Lipinski definition) is 1. The minimum atomic E-state index is -4.49. The summed E-state index contributed by atoms with van der Waals surface area (Å²) in [5, 5.41) is 12.2. The molecule has 4 aromatic carbocycles. The molecule has 0 amide bonds. The van der Waals surface area contributed by atoms with Gasteiger partial charge in [0.25, 0.3) is 0 Å². The first kappa shape index (κ1) is 19.8. The minimum Gasteiger partial charge on any atom is -0.506 e. The summed E-state index contributed by atoms with van der Waals surface area (Å²) < 4.78 is 44.7. The van der Waals surface area contributed by atoms with Gasteiger partial charge in [0.05, 0.1) is 14.5 Å². The fourth-order valence-electron chi connectivity index (χ4n) is 3.94. The number of alkyl halides is 3. The standard InChI is InChI=1S/C23H11Br2F3OS/c24-15-9-11(10-16(25)21(15)29)18-12-5-1-2-6-13(12)20(23(26,27)28)22-19(18)14-7-3-4-8-17(14)30-22/h1-10,29H. The van der Waals surface area contributed by atoms with Crippen LogP contribution >= 0.6 is 43.2 Å². The number of fused-ring (bicyclic) bond motifs is 4. The Labute approximate surface area is 190 Å². The van der Waals surface area contributed by atoms with Gasteiger partial charge in [0.1, 0.15) is 5.75 Å². The van der Waals surface area contributed by atoms with E-state index < -0.39 is 11.7 Å². The first-order valence-corrected chi connectivity index (χ1v) is 11.3. The van der Waals surface area contributed by atoms with Crippen LogP contribution in [-0.4, -0.2) is 5.11 Å². The third kappa shape index (κ3) is 2.94. The van der Waals surface area contributed by atoms with Crippen molar-refractivity contribution in [3.63, 3.8) is 0 Å². The third-order valence-electron chi connectivity index (χ3n) is 5.13. The summed E-state index contributed by atoms with van der Waals surface area (Å²) in [5.41, 5.74) is 0.826. The number of hydrogen-bond acceptors (Lipinski definition) is 2.